The molecule has 0 radical (unpaired) electrons. The summed E-state index contributed by atoms with van der Waals surface area (Å²) in [4.78, 5) is 0. The normalized spacial score (nSPS) is 12.2. The fraction of sp³-hybridized carbons (Fsp3) is 0.600. The van der Waals surface area contributed by atoms with Crippen LogP contribution < -0.4 is 14.8 Å². The fourth-order valence-corrected chi connectivity index (χ4v) is 1.90. The van der Waals surface area contributed by atoms with Crippen LogP contribution in [0.2, 0.25) is 0 Å². The molecule has 3 heteroatoms. The van der Waals surface area contributed by atoms with Crippen LogP contribution in [-0.4, -0.2) is 26.8 Å². The van der Waals surface area contributed by atoms with Gasteiger partial charge in [-0.15, -0.1) is 0 Å². The predicted molar refractivity (Wildman–Crippen MR) is 75.7 cm³/mol. The number of rotatable bonds is 8. The minimum absolute atomic E-state index is 0.521. The summed E-state index contributed by atoms with van der Waals surface area (Å²) in [5, 5.41) is 3.18. The molecule has 0 heterocycles. The van der Waals surface area contributed by atoms with Crippen LogP contribution in [0.4, 0.5) is 0 Å². The third-order valence-corrected chi connectivity index (χ3v) is 2.96. The molecular weight excluding hydrogens is 226 g/mol. The summed E-state index contributed by atoms with van der Waals surface area (Å²) in [7, 11) is 1.98. The number of hydrogen-bond acceptors (Lipinski definition) is 3. The fourth-order valence-electron chi connectivity index (χ4n) is 1.90. The lowest BCUT2D eigenvalue weighted by Gasteiger charge is -2.16. The van der Waals surface area contributed by atoms with Crippen LogP contribution in [0.1, 0.15) is 38.7 Å². The van der Waals surface area contributed by atoms with Gasteiger partial charge in [0, 0.05) is 0 Å². The highest BCUT2D eigenvalue weighted by Crippen LogP contribution is 2.32. The summed E-state index contributed by atoms with van der Waals surface area (Å²) >= 11 is 0. The van der Waals surface area contributed by atoms with E-state index in [0.29, 0.717) is 19.1 Å². The first-order chi connectivity index (χ1) is 8.72. The molecule has 0 aliphatic carbocycles. The van der Waals surface area contributed by atoms with Gasteiger partial charge in [0.25, 0.3) is 0 Å². The highest BCUT2D eigenvalue weighted by molar-refractivity contribution is 5.44. The van der Waals surface area contributed by atoms with E-state index < -0.39 is 0 Å². The summed E-state index contributed by atoms with van der Waals surface area (Å²) in [5.41, 5.74) is 1.30. The standard InChI is InChI=1S/C15H25NO2/c1-5-17-14-8-7-13(11-15(14)18-6-2)12(3)9-10-16-4/h7-8,11-12,16H,5-6,9-10H2,1-4H3. The van der Waals surface area contributed by atoms with Gasteiger partial charge >= 0.3 is 0 Å². The summed E-state index contributed by atoms with van der Waals surface area (Å²) in [6, 6.07) is 6.25. The first kappa shape index (κ1) is 14.8. The van der Waals surface area contributed by atoms with Gasteiger partial charge in [0.1, 0.15) is 0 Å². The zero-order valence-electron chi connectivity index (χ0n) is 12.0. The highest BCUT2D eigenvalue weighted by atomic mass is 16.5. The molecule has 0 amide bonds. The van der Waals surface area contributed by atoms with Crippen molar-refractivity contribution < 1.29 is 9.47 Å². The average Bonchev–Trinajstić information content (AvgIpc) is 2.38. The number of benzene rings is 1. The summed E-state index contributed by atoms with van der Waals surface area (Å²) in [6.45, 7) is 8.57. The van der Waals surface area contributed by atoms with E-state index in [9.17, 15) is 0 Å². The Bertz CT molecular complexity index is 352. The molecule has 0 aliphatic rings. The second-order valence-corrected chi connectivity index (χ2v) is 4.37. The molecule has 1 atom stereocenters. The maximum absolute atomic E-state index is 5.64. The second-order valence-electron chi connectivity index (χ2n) is 4.37. The molecule has 0 saturated heterocycles. The van der Waals surface area contributed by atoms with Gasteiger partial charge in [-0.2, -0.15) is 0 Å². The lowest BCUT2D eigenvalue weighted by atomic mass is 9.97. The number of ether oxygens (including phenoxy) is 2. The Morgan fingerprint density at radius 1 is 1.11 bits per heavy atom. The lowest BCUT2D eigenvalue weighted by molar-refractivity contribution is 0.287. The van der Waals surface area contributed by atoms with Crippen molar-refractivity contribution in [3.63, 3.8) is 0 Å². The van der Waals surface area contributed by atoms with Gasteiger partial charge in [-0.25, -0.2) is 0 Å². The molecule has 1 unspecified atom stereocenters. The Morgan fingerprint density at radius 3 is 2.39 bits per heavy atom. The first-order valence-corrected chi connectivity index (χ1v) is 6.77. The molecule has 1 aromatic carbocycles. The topological polar surface area (TPSA) is 30.5 Å². The molecule has 0 saturated carbocycles. The van der Waals surface area contributed by atoms with Crippen molar-refractivity contribution in [1.29, 1.82) is 0 Å². The molecule has 0 spiro atoms. The molecule has 1 aromatic rings. The minimum atomic E-state index is 0.521. The Balaban J connectivity index is 2.84. The van der Waals surface area contributed by atoms with Gasteiger partial charge in [0.2, 0.25) is 0 Å². The predicted octanol–water partition coefficient (Wildman–Crippen LogP) is 3.20. The molecule has 1 N–H and O–H groups in total. The summed E-state index contributed by atoms with van der Waals surface area (Å²) in [5.74, 6) is 2.21. The number of nitrogens with one attached hydrogen (secondary N) is 1. The quantitative estimate of drug-likeness (QED) is 0.769. The van der Waals surface area contributed by atoms with E-state index in [1.807, 2.05) is 27.0 Å². The third kappa shape index (κ3) is 4.22. The van der Waals surface area contributed by atoms with E-state index in [0.717, 1.165) is 24.5 Å². The molecule has 0 aromatic heterocycles. The van der Waals surface area contributed by atoms with Crippen LogP contribution in [0, 0.1) is 0 Å². The van der Waals surface area contributed by atoms with Crippen LogP contribution in [0.5, 0.6) is 11.5 Å². The van der Waals surface area contributed by atoms with Gasteiger partial charge in [0.05, 0.1) is 13.2 Å². The SMILES string of the molecule is CCOc1ccc(C(C)CCNC)cc1OCC. The van der Waals surface area contributed by atoms with E-state index in [4.69, 9.17) is 9.47 Å². The Kier molecular flexibility index (Phi) is 6.58. The largest absolute Gasteiger partial charge is 0.490 e. The summed E-state index contributed by atoms with van der Waals surface area (Å²) in [6.07, 6.45) is 1.12. The van der Waals surface area contributed by atoms with Crippen molar-refractivity contribution >= 4 is 0 Å². The Morgan fingerprint density at radius 2 is 1.78 bits per heavy atom. The first-order valence-electron chi connectivity index (χ1n) is 6.77. The number of hydrogen-bond donors (Lipinski definition) is 1. The molecular formula is C15H25NO2. The van der Waals surface area contributed by atoms with Crippen molar-refractivity contribution in [2.24, 2.45) is 0 Å². The van der Waals surface area contributed by atoms with Gasteiger partial charge in [-0.1, -0.05) is 13.0 Å². The maximum Gasteiger partial charge on any atom is 0.161 e. The zero-order chi connectivity index (χ0) is 13.4. The zero-order valence-corrected chi connectivity index (χ0v) is 12.0. The van der Waals surface area contributed by atoms with Gasteiger partial charge in [0.15, 0.2) is 11.5 Å². The molecule has 0 aliphatic heterocycles. The minimum Gasteiger partial charge on any atom is -0.490 e. The van der Waals surface area contributed by atoms with Crippen molar-refractivity contribution in [2.75, 3.05) is 26.8 Å². The van der Waals surface area contributed by atoms with E-state index in [1.165, 1.54) is 5.56 Å². The molecule has 3 nitrogen and oxygen atoms in total. The Labute approximate surface area is 110 Å². The van der Waals surface area contributed by atoms with Crippen molar-refractivity contribution in [3.8, 4) is 11.5 Å². The second kappa shape index (κ2) is 7.98. The van der Waals surface area contributed by atoms with Crippen molar-refractivity contribution in [3.05, 3.63) is 23.8 Å². The smallest absolute Gasteiger partial charge is 0.161 e. The van der Waals surface area contributed by atoms with Gasteiger partial charge in [-0.3, -0.25) is 0 Å². The van der Waals surface area contributed by atoms with Crippen molar-refractivity contribution in [1.82, 2.24) is 5.32 Å². The molecule has 0 bridgehead atoms. The molecule has 102 valence electrons. The third-order valence-electron chi connectivity index (χ3n) is 2.96. The van der Waals surface area contributed by atoms with Crippen molar-refractivity contribution in [2.45, 2.75) is 33.1 Å². The molecule has 0 fully saturated rings. The monoisotopic (exact) mass is 251 g/mol. The van der Waals surface area contributed by atoms with E-state index in [1.54, 1.807) is 0 Å². The van der Waals surface area contributed by atoms with Gasteiger partial charge in [-0.05, 0) is 57.5 Å². The van der Waals surface area contributed by atoms with E-state index in [-0.39, 0.29) is 0 Å². The molecule has 1 rings (SSSR count). The van der Waals surface area contributed by atoms with Gasteiger partial charge < -0.3 is 14.8 Å². The van der Waals surface area contributed by atoms with Crippen LogP contribution in [0.25, 0.3) is 0 Å². The van der Waals surface area contributed by atoms with E-state index in [2.05, 4.69) is 24.4 Å². The Hall–Kier alpha value is -1.22. The molecule has 18 heavy (non-hydrogen) atoms. The average molecular weight is 251 g/mol. The van der Waals surface area contributed by atoms with Crippen LogP contribution in [-0.2, 0) is 0 Å². The lowest BCUT2D eigenvalue weighted by Crippen LogP contribution is -2.10. The van der Waals surface area contributed by atoms with Crippen LogP contribution in [0.15, 0.2) is 18.2 Å². The van der Waals surface area contributed by atoms with E-state index >= 15 is 0 Å². The highest BCUT2D eigenvalue weighted by Gasteiger charge is 2.10. The summed E-state index contributed by atoms with van der Waals surface area (Å²) < 4.78 is 11.2. The van der Waals surface area contributed by atoms with Crippen LogP contribution in [0.3, 0.4) is 0 Å². The van der Waals surface area contributed by atoms with Crippen LogP contribution >= 0.6 is 0 Å². The maximum atomic E-state index is 5.64.